The molecule has 1 atom stereocenters. The molecule has 1 aliphatic heterocycles. The monoisotopic (exact) mass is 455 g/mol. The van der Waals surface area contributed by atoms with E-state index in [-0.39, 0.29) is 30.0 Å². The Labute approximate surface area is 165 Å². The minimum Gasteiger partial charge on any atom is -0.459 e. The Bertz CT molecular complexity index is 706. The zero-order chi connectivity index (χ0) is 16.8. The smallest absolute Gasteiger partial charge is 0.191 e. The third-order valence-corrected chi connectivity index (χ3v) is 4.24. The maximum atomic E-state index is 5.91. The lowest BCUT2D eigenvalue weighted by molar-refractivity contribution is 0.153. The van der Waals surface area contributed by atoms with E-state index < -0.39 is 0 Å². The van der Waals surface area contributed by atoms with Crippen LogP contribution in [0.2, 0.25) is 0 Å². The van der Waals surface area contributed by atoms with Crippen molar-refractivity contribution in [3.63, 3.8) is 0 Å². The third-order valence-electron chi connectivity index (χ3n) is 4.24. The summed E-state index contributed by atoms with van der Waals surface area (Å²) in [5.41, 5.74) is 2.37. The van der Waals surface area contributed by atoms with Gasteiger partial charge in [0.05, 0.1) is 19.3 Å². The van der Waals surface area contributed by atoms with Crippen LogP contribution in [0.25, 0.3) is 11.0 Å². The Morgan fingerprint density at radius 3 is 2.88 bits per heavy atom. The molecule has 1 aromatic carbocycles. The maximum absolute atomic E-state index is 5.91. The Hall–Kier alpha value is -1.54. The van der Waals surface area contributed by atoms with Gasteiger partial charge in [-0.05, 0) is 31.9 Å². The van der Waals surface area contributed by atoms with E-state index in [0.717, 1.165) is 55.3 Å². The average Bonchev–Trinajstić information content (AvgIpc) is 3.06. The SMILES string of the molecule is CN=C(NCCC1=CCOCC1)NC(C)c1cc2ccccc2o1.I. The topological polar surface area (TPSA) is 58.8 Å². The molecule has 1 aliphatic rings. The molecule has 2 heterocycles. The van der Waals surface area contributed by atoms with E-state index in [0.29, 0.717) is 0 Å². The fourth-order valence-electron chi connectivity index (χ4n) is 2.82. The molecule has 6 heteroatoms. The van der Waals surface area contributed by atoms with Crippen LogP contribution < -0.4 is 10.6 Å². The van der Waals surface area contributed by atoms with Crippen LogP contribution in [0, 0.1) is 0 Å². The van der Waals surface area contributed by atoms with Gasteiger partial charge in [0.25, 0.3) is 0 Å². The highest BCUT2D eigenvalue weighted by atomic mass is 127. The number of hydrogen-bond acceptors (Lipinski definition) is 3. The largest absolute Gasteiger partial charge is 0.459 e. The molecule has 1 unspecified atom stereocenters. The number of hydrogen-bond donors (Lipinski definition) is 2. The molecule has 2 N–H and O–H groups in total. The Morgan fingerprint density at radius 2 is 2.16 bits per heavy atom. The molecular formula is C19H26IN3O2. The summed E-state index contributed by atoms with van der Waals surface area (Å²) in [4.78, 5) is 4.30. The van der Waals surface area contributed by atoms with Crippen LogP contribution in [0.1, 0.15) is 31.6 Å². The van der Waals surface area contributed by atoms with Crippen molar-refractivity contribution >= 4 is 40.9 Å². The lowest BCUT2D eigenvalue weighted by Crippen LogP contribution is -2.39. The molecule has 0 amide bonds. The van der Waals surface area contributed by atoms with Gasteiger partial charge in [-0.3, -0.25) is 4.99 Å². The second-order valence-corrected chi connectivity index (χ2v) is 5.99. The lowest BCUT2D eigenvalue weighted by atomic mass is 10.1. The van der Waals surface area contributed by atoms with E-state index in [2.05, 4.69) is 40.8 Å². The van der Waals surface area contributed by atoms with E-state index in [9.17, 15) is 0 Å². The number of aliphatic imine (C=N–C) groups is 1. The van der Waals surface area contributed by atoms with Crippen LogP contribution in [0.4, 0.5) is 0 Å². The summed E-state index contributed by atoms with van der Waals surface area (Å²) in [5.74, 6) is 1.70. The molecule has 0 bridgehead atoms. The number of rotatable bonds is 5. The second-order valence-electron chi connectivity index (χ2n) is 5.99. The van der Waals surface area contributed by atoms with Crippen molar-refractivity contribution in [2.24, 2.45) is 4.99 Å². The average molecular weight is 455 g/mol. The molecule has 5 nitrogen and oxygen atoms in total. The number of nitrogens with zero attached hydrogens (tertiary/aromatic N) is 1. The van der Waals surface area contributed by atoms with E-state index >= 15 is 0 Å². The summed E-state index contributed by atoms with van der Waals surface area (Å²) in [6, 6.07) is 10.2. The van der Waals surface area contributed by atoms with Crippen LogP contribution in [-0.4, -0.2) is 32.8 Å². The zero-order valence-electron chi connectivity index (χ0n) is 14.7. The van der Waals surface area contributed by atoms with Crippen molar-refractivity contribution in [2.45, 2.75) is 25.8 Å². The van der Waals surface area contributed by atoms with Crippen LogP contribution >= 0.6 is 24.0 Å². The Morgan fingerprint density at radius 1 is 1.32 bits per heavy atom. The molecule has 1 aromatic heterocycles. The van der Waals surface area contributed by atoms with Gasteiger partial charge in [0, 0.05) is 19.0 Å². The summed E-state index contributed by atoms with van der Waals surface area (Å²) in [7, 11) is 1.79. The lowest BCUT2D eigenvalue weighted by Gasteiger charge is -2.18. The first-order valence-electron chi connectivity index (χ1n) is 8.47. The van der Waals surface area contributed by atoms with E-state index in [1.165, 1.54) is 5.57 Å². The van der Waals surface area contributed by atoms with Crippen molar-refractivity contribution in [3.05, 3.63) is 47.7 Å². The molecule has 0 saturated heterocycles. The van der Waals surface area contributed by atoms with Crippen LogP contribution in [0.15, 0.2) is 51.4 Å². The molecule has 0 radical (unpaired) electrons. The standard InChI is InChI=1S/C19H25N3O2.HI/c1-14(18-13-16-5-3-4-6-17(16)24-18)22-19(20-2)21-10-7-15-8-11-23-12-9-15;/h3-6,8,13-14H,7,9-12H2,1-2H3,(H2,20,21,22);1H. The predicted octanol–water partition coefficient (Wildman–Crippen LogP) is 4.01. The molecule has 0 spiro atoms. The third kappa shape index (κ3) is 5.47. The normalized spacial score (nSPS) is 16.1. The minimum absolute atomic E-state index is 0. The Kier molecular flexibility index (Phi) is 7.77. The van der Waals surface area contributed by atoms with Gasteiger partial charge >= 0.3 is 0 Å². The van der Waals surface area contributed by atoms with Gasteiger partial charge in [0.2, 0.25) is 0 Å². The molecule has 0 saturated carbocycles. The molecule has 136 valence electrons. The number of ether oxygens (including phenoxy) is 1. The van der Waals surface area contributed by atoms with Gasteiger partial charge in [0.1, 0.15) is 11.3 Å². The highest BCUT2D eigenvalue weighted by molar-refractivity contribution is 14.0. The summed E-state index contributed by atoms with van der Waals surface area (Å²) in [6.07, 6.45) is 4.23. The first-order valence-corrected chi connectivity index (χ1v) is 8.47. The van der Waals surface area contributed by atoms with E-state index in [4.69, 9.17) is 9.15 Å². The quantitative estimate of drug-likeness (QED) is 0.310. The Balaban J connectivity index is 0.00000225. The molecular weight excluding hydrogens is 429 g/mol. The predicted molar refractivity (Wildman–Crippen MR) is 113 cm³/mol. The number of halogens is 1. The van der Waals surface area contributed by atoms with Crippen molar-refractivity contribution in [2.75, 3.05) is 26.8 Å². The van der Waals surface area contributed by atoms with Gasteiger partial charge < -0.3 is 19.8 Å². The highest BCUT2D eigenvalue weighted by Gasteiger charge is 2.13. The molecule has 2 aromatic rings. The summed E-state index contributed by atoms with van der Waals surface area (Å²) < 4.78 is 11.2. The van der Waals surface area contributed by atoms with Gasteiger partial charge in [0.15, 0.2) is 5.96 Å². The van der Waals surface area contributed by atoms with Crippen molar-refractivity contribution in [1.29, 1.82) is 0 Å². The van der Waals surface area contributed by atoms with Gasteiger partial charge in [-0.15, -0.1) is 24.0 Å². The van der Waals surface area contributed by atoms with Crippen molar-refractivity contribution < 1.29 is 9.15 Å². The summed E-state index contributed by atoms with van der Waals surface area (Å²) in [5, 5.41) is 7.87. The second kappa shape index (κ2) is 9.82. The van der Waals surface area contributed by atoms with Gasteiger partial charge in [-0.1, -0.05) is 29.8 Å². The van der Waals surface area contributed by atoms with Gasteiger partial charge in [-0.2, -0.15) is 0 Å². The van der Waals surface area contributed by atoms with Crippen LogP contribution in [0.3, 0.4) is 0 Å². The number of fused-ring (bicyclic) bond motifs is 1. The molecule has 0 aliphatic carbocycles. The zero-order valence-corrected chi connectivity index (χ0v) is 17.1. The molecule has 0 fully saturated rings. The number of furan rings is 1. The fourth-order valence-corrected chi connectivity index (χ4v) is 2.82. The van der Waals surface area contributed by atoms with Crippen LogP contribution in [0.5, 0.6) is 0 Å². The maximum Gasteiger partial charge on any atom is 0.191 e. The van der Waals surface area contributed by atoms with Gasteiger partial charge in [-0.25, -0.2) is 0 Å². The number of para-hydroxylation sites is 1. The summed E-state index contributed by atoms with van der Waals surface area (Å²) in [6.45, 7) is 4.51. The van der Waals surface area contributed by atoms with E-state index in [1.54, 1.807) is 7.05 Å². The first-order chi connectivity index (χ1) is 11.8. The molecule has 25 heavy (non-hydrogen) atoms. The number of guanidine groups is 1. The minimum atomic E-state index is 0. The van der Waals surface area contributed by atoms with E-state index in [1.807, 2.05) is 18.2 Å². The highest BCUT2D eigenvalue weighted by Crippen LogP contribution is 2.23. The first kappa shape index (κ1) is 19.8. The molecule has 3 rings (SSSR count). The fraction of sp³-hybridized carbons (Fsp3) is 0.421. The van der Waals surface area contributed by atoms with Crippen molar-refractivity contribution in [1.82, 2.24) is 10.6 Å². The summed E-state index contributed by atoms with van der Waals surface area (Å²) >= 11 is 0. The van der Waals surface area contributed by atoms with Crippen molar-refractivity contribution in [3.8, 4) is 0 Å². The number of benzene rings is 1. The van der Waals surface area contributed by atoms with Crippen LogP contribution in [-0.2, 0) is 4.74 Å². The number of nitrogens with one attached hydrogen (secondary N) is 2.